The number of para-hydroxylation sites is 1. The molecular formula is C27H31F3N4O6S3. The number of thiazole rings is 1. The standard InChI is InChI=1S/C25H30N4O4S3.C2HF3O2/c1-2-33-12-11-29(36(31,32)23-9-5-13-34-23)22-8-3-6-18-14-21(27-24(18)22)25-26-15-20(35-25)17-28-10-4-7-19(30)16-28;3-2(4,5)1(6)7/h3,5-6,8-9,13-15,19,27,30H,2,4,7,10-12,16-17H2,1H3;(H,6,7). The quantitative estimate of drug-likeness (QED) is 0.198. The summed E-state index contributed by atoms with van der Waals surface area (Å²) in [7, 11) is -3.74. The number of aliphatic hydroxyl groups excluding tert-OH is 1. The van der Waals surface area contributed by atoms with Crippen molar-refractivity contribution in [2.45, 2.75) is 42.8 Å². The van der Waals surface area contributed by atoms with Crippen LogP contribution in [-0.4, -0.2) is 84.6 Å². The number of halogens is 3. The van der Waals surface area contributed by atoms with Gasteiger partial charge in [-0.25, -0.2) is 18.2 Å². The Morgan fingerprint density at radius 2 is 2.05 bits per heavy atom. The molecule has 0 aliphatic carbocycles. The van der Waals surface area contributed by atoms with Gasteiger partial charge in [0, 0.05) is 36.2 Å². The van der Waals surface area contributed by atoms with Crippen molar-refractivity contribution >= 4 is 55.3 Å². The Balaban J connectivity index is 0.000000541. The highest BCUT2D eigenvalue weighted by Crippen LogP contribution is 2.35. The molecule has 4 heterocycles. The Labute approximate surface area is 254 Å². The number of aliphatic carboxylic acids is 1. The molecule has 4 aromatic rings. The van der Waals surface area contributed by atoms with E-state index >= 15 is 0 Å². The molecule has 1 unspecified atom stereocenters. The molecule has 0 amide bonds. The van der Waals surface area contributed by atoms with Crippen molar-refractivity contribution in [3.8, 4) is 10.7 Å². The number of carbonyl (C=O) groups is 1. The van der Waals surface area contributed by atoms with E-state index in [0.29, 0.717) is 29.7 Å². The highest BCUT2D eigenvalue weighted by Gasteiger charge is 2.38. The zero-order valence-corrected chi connectivity index (χ0v) is 25.5. The van der Waals surface area contributed by atoms with E-state index in [9.17, 15) is 26.7 Å². The van der Waals surface area contributed by atoms with E-state index < -0.39 is 22.2 Å². The van der Waals surface area contributed by atoms with Gasteiger partial charge in [0.25, 0.3) is 10.0 Å². The molecule has 234 valence electrons. The summed E-state index contributed by atoms with van der Waals surface area (Å²) in [6.45, 7) is 5.37. The molecule has 1 saturated heterocycles. The van der Waals surface area contributed by atoms with Crippen molar-refractivity contribution in [2.24, 2.45) is 0 Å². The number of aromatic amines is 1. The van der Waals surface area contributed by atoms with Crippen molar-refractivity contribution in [1.29, 1.82) is 0 Å². The number of sulfonamides is 1. The lowest BCUT2D eigenvalue weighted by Gasteiger charge is -2.29. The molecule has 1 atom stereocenters. The Kier molecular flexibility index (Phi) is 10.8. The molecule has 0 spiro atoms. The average molecular weight is 661 g/mol. The lowest BCUT2D eigenvalue weighted by atomic mass is 10.1. The first-order chi connectivity index (χ1) is 20.4. The molecule has 1 fully saturated rings. The summed E-state index contributed by atoms with van der Waals surface area (Å²) < 4.78 is 66.1. The number of alkyl halides is 3. The van der Waals surface area contributed by atoms with E-state index in [4.69, 9.17) is 14.6 Å². The molecule has 1 aromatic carbocycles. The molecule has 3 aromatic heterocycles. The largest absolute Gasteiger partial charge is 0.490 e. The van der Waals surface area contributed by atoms with Crippen molar-refractivity contribution in [3.63, 3.8) is 0 Å². The molecule has 10 nitrogen and oxygen atoms in total. The van der Waals surface area contributed by atoms with Crippen LogP contribution in [0.15, 0.2) is 52.2 Å². The number of hydrogen-bond donors (Lipinski definition) is 3. The van der Waals surface area contributed by atoms with Crippen LogP contribution in [-0.2, 0) is 26.1 Å². The second-order valence-corrected chi connectivity index (χ2v) is 13.7. The number of fused-ring (bicyclic) bond motifs is 1. The summed E-state index contributed by atoms with van der Waals surface area (Å²) >= 11 is 2.82. The maximum Gasteiger partial charge on any atom is 0.490 e. The van der Waals surface area contributed by atoms with E-state index in [-0.39, 0.29) is 12.6 Å². The summed E-state index contributed by atoms with van der Waals surface area (Å²) in [4.78, 5) is 20.4. The van der Waals surface area contributed by atoms with E-state index in [0.717, 1.165) is 52.4 Å². The molecule has 0 radical (unpaired) electrons. The van der Waals surface area contributed by atoms with Crippen LogP contribution >= 0.6 is 22.7 Å². The van der Waals surface area contributed by atoms with Crippen LogP contribution < -0.4 is 4.31 Å². The molecule has 1 aliphatic rings. The van der Waals surface area contributed by atoms with Crippen LogP contribution in [0.4, 0.5) is 18.9 Å². The van der Waals surface area contributed by atoms with Crippen LogP contribution in [0.25, 0.3) is 21.6 Å². The van der Waals surface area contributed by atoms with Crippen LogP contribution in [0, 0.1) is 0 Å². The predicted molar refractivity (Wildman–Crippen MR) is 159 cm³/mol. The monoisotopic (exact) mass is 660 g/mol. The Bertz CT molecular complexity index is 1610. The van der Waals surface area contributed by atoms with Crippen LogP contribution in [0.2, 0.25) is 0 Å². The van der Waals surface area contributed by atoms with Gasteiger partial charge in [0.2, 0.25) is 0 Å². The number of likely N-dealkylation sites (tertiary alicyclic amines) is 1. The molecular weight excluding hydrogens is 630 g/mol. The second kappa shape index (κ2) is 14.2. The number of nitrogens with one attached hydrogen (secondary N) is 1. The SMILES string of the molecule is CCOCCN(c1cccc2cc(-c3ncc(CN4CCCC(O)C4)s3)[nH]c12)S(=O)(=O)c1cccs1.O=C(O)C(F)(F)F. The summed E-state index contributed by atoms with van der Waals surface area (Å²) in [6, 6.07) is 11.1. The zero-order valence-electron chi connectivity index (χ0n) is 23.1. The van der Waals surface area contributed by atoms with Crippen LogP contribution in [0.1, 0.15) is 24.6 Å². The number of aliphatic hydroxyl groups is 1. The number of H-pyrrole nitrogens is 1. The number of anilines is 1. The number of benzene rings is 1. The summed E-state index contributed by atoms with van der Waals surface area (Å²) in [6.07, 6.45) is -1.57. The number of thiophene rings is 1. The third-order valence-corrected chi connectivity index (χ3v) is 10.7. The molecule has 16 heteroatoms. The van der Waals surface area contributed by atoms with Gasteiger partial charge in [-0.1, -0.05) is 18.2 Å². The highest BCUT2D eigenvalue weighted by molar-refractivity contribution is 7.94. The Morgan fingerprint density at radius 1 is 1.28 bits per heavy atom. The summed E-state index contributed by atoms with van der Waals surface area (Å²) in [5, 5.41) is 20.6. The molecule has 0 saturated carbocycles. The minimum Gasteiger partial charge on any atom is -0.475 e. The van der Waals surface area contributed by atoms with E-state index in [1.807, 2.05) is 37.4 Å². The van der Waals surface area contributed by atoms with Gasteiger partial charge < -0.3 is 19.9 Å². The van der Waals surface area contributed by atoms with Crippen molar-refractivity contribution < 1.29 is 41.3 Å². The fourth-order valence-electron chi connectivity index (χ4n) is 4.54. The third-order valence-electron chi connectivity index (χ3n) is 6.47. The predicted octanol–water partition coefficient (Wildman–Crippen LogP) is 5.17. The zero-order chi connectivity index (χ0) is 31.2. The first-order valence-electron chi connectivity index (χ1n) is 13.3. The minimum atomic E-state index is -5.08. The molecule has 43 heavy (non-hydrogen) atoms. The first kappa shape index (κ1) is 32.9. The van der Waals surface area contributed by atoms with Crippen LogP contribution in [0.3, 0.4) is 0 Å². The number of carboxylic acids is 1. The number of β-amino-alcohol motifs (C(OH)–C–C–N with tert-alkyl or cyclic N) is 1. The van der Waals surface area contributed by atoms with Gasteiger partial charge in [-0.3, -0.25) is 9.21 Å². The van der Waals surface area contributed by atoms with Crippen molar-refractivity contribution in [1.82, 2.24) is 14.9 Å². The number of rotatable bonds is 10. The normalized spacial score (nSPS) is 16.2. The van der Waals surface area contributed by atoms with Gasteiger partial charge >= 0.3 is 12.1 Å². The summed E-state index contributed by atoms with van der Waals surface area (Å²) in [5.74, 6) is -2.76. The molecule has 3 N–H and O–H groups in total. The number of piperidine rings is 1. The smallest absolute Gasteiger partial charge is 0.475 e. The molecule has 0 bridgehead atoms. The van der Waals surface area contributed by atoms with Crippen molar-refractivity contribution in [3.05, 3.63) is 52.9 Å². The van der Waals surface area contributed by atoms with E-state index in [2.05, 4.69) is 14.9 Å². The number of nitrogens with zero attached hydrogens (tertiary/aromatic N) is 3. The summed E-state index contributed by atoms with van der Waals surface area (Å²) in [5.41, 5.74) is 2.19. The lowest BCUT2D eigenvalue weighted by Crippen LogP contribution is -2.37. The lowest BCUT2D eigenvalue weighted by molar-refractivity contribution is -0.192. The number of ether oxygens (including phenoxy) is 1. The highest BCUT2D eigenvalue weighted by atomic mass is 32.2. The van der Waals surface area contributed by atoms with Gasteiger partial charge in [-0.2, -0.15) is 13.2 Å². The average Bonchev–Trinajstić information content (AvgIpc) is 3.72. The first-order valence-corrected chi connectivity index (χ1v) is 16.4. The van der Waals surface area contributed by atoms with Gasteiger partial charge in [0.1, 0.15) is 9.22 Å². The van der Waals surface area contributed by atoms with Gasteiger partial charge in [0.05, 0.1) is 36.2 Å². The van der Waals surface area contributed by atoms with Crippen molar-refractivity contribution in [2.75, 3.05) is 37.2 Å². The number of carboxylic acid groups (broad SMARTS) is 1. The number of hydrogen-bond acceptors (Lipinski definition) is 9. The maximum absolute atomic E-state index is 13.6. The molecule has 5 rings (SSSR count). The Morgan fingerprint density at radius 3 is 2.70 bits per heavy atom. The molecule has 1 aliphatic heterocycles. The minimum absolute atomic E-state index is 0.213. The van der Waals surface area contributed by atoms with Gasteiger partial charge in [-0.15, -0.1) is 22.7 Å². The fraction of sp³-hybridized carbons (Fsp3) is 0.407. The second-order valence-electron chi connectivity index (χ2n) is 9.60. The van der Waals surface area contributed by atoms with Gasteiger partial charge in [0.15, 0.2) is 0 Å². The van der Waals surface area contributed by atoms with Gasteiger partial charge in [-0.05, 0) is 49.9 Å². The topological polar surface area (TPSA) is 136 Å². The van der Waals surface area contributed by atoms with E-state index in [1.165, 1.54) is 15.6 Å². The number of aromatic nitrogens is 2. The van der Waals surface area contributed by atoms with E-state index in [1.54, 1.807) is 28.8 Å². The maximum atomic E-state index is 13.6. The Hall–Kier alpha value is -3.02. The van der Waals surface area contributed by atoms with Crippen LogP contribution in [0.5, 0.6) is 0 Å². The fourth-order valence-corrected chi connectivity index (χ4v) is 8.04. The third kappa shape index (κ3) is 8.33.